The van der Waals surface area contributed by atoms with Crippen LogP contribution >= 0.6 is 0 Å². The quantitative estimate of drug-likeness (QED) is 0.416. The van der Waals surface area contributed by atoms with E-state index in [9.17, 15) is 0 Å². The highest BCUT2D eigenvalue weighted by atomic mass is 16.3. The number of nitrogen functional groups attached to an aromatic ring is 2. The SMILES string of the molecule is C.Nc1ccc(O)cc1.Nc1ccc(O)cc1. The molecule has 0 spiro atoms. The number of nitrogens with two attached hydrogens (primary N) is 2. The first-order chi connectivity index (χ1) is 7.58. The number of anilines is 2. The molecule has 0 aliphatic heterocycles. The third kappa shape index (κ3) is 5.94. The molecule has 0 amide bonds. The lowest BCUT2D eigenvalue weighted by Crippen LogP contribution is -1.80. The van der Waals surface area contributed by atoms with E-state index in [1.165, 1.54) is 0 Å². The van der Waals surface area contributed by atoms with Gasteiger partial charge in [-0.1, -0.05) is 7.43 Å². The monoisotopic (exact) mass is 234 g/mol. The molecule has 92 valence electrons. The van der Waals surface area contributed by atoms with Crippen molar-refractivity contribution in [3.63, 3.8) is 0 Å². The van der Waals surface area contributed by atoms with Gasteiger partial charge in [-0.3, -0.25) is 0 Å². The molecule has 4 heteroatoms. The van der Waals surface area contributed by atoms with Crippen LogP contribution in [0.2, 0.25) is 0 Å². The molecule has 0 fully saturated rings. The zero-order chi connectivity index (χ0) is 12.0. The maximum absolute atomic E-state index is 8.70. The molecule has 0 saturated carbocycles. The molecular formula is C13H18N2O2. The summed E-state index contributed by atoms with van der Waals surface area (Å²) >= 11 is 0. The summed E-state index contributed by atoms with van der Waals surface area (Å²) in [6.07, 6.45) is 0. The second-order valence-corrected chi connectivity index (χ2v) is 3.18. The van der Waals surface area contributed by atoms with Crippen LogP contribution in [-0.2, 0) is 0 Å². The van der Waals surface area contributed by atoms with Crippen molar-refractivity contribution in [2.45, 2.75) is 7.43 Å². The Morgan fingerprint density at radius 1 is 0.588 bits per heavy atom. The Morgan fingerprint density at radius 2 is 0.824 bits per heavy atom. The minimum absolute atomic E-state index is 0. The molecular weight excluding hydrogens is 216 g/mol. The summed E-state index contributed by atoms with van der Waals surface area (Å²) in [5, 5.41) is 17.4. The minimum atomic E-state index is 0. The normalized spacial score (nSPS) is 8.47. The van der Waals surface area contributed by atoms with Crippen LogP contribution in [-0.4, -0.2) is 10.2 Å². The summed E-state index contributed by atoms with van der Waals surface area (Å²) in [6, 6.07) is 12.8. The largest absolute Gasteiger partial charge is 0.508 e. The Bertz CT molecular complexity index is 339. The molecule has 2 aromatic carbocycles. The maximum atomic E-state index is 8.70. The Kier molecular flexibility index (Phi) is 6.03. The van der Waals surface area contributed by atoms with Crippen molar-refractivity contribution in [3.8, 4) is 11.5 Å². The lowest BCUT2D eigenvalue weighted by Gasteiger charge is -1.89. The summed E-state index contributed by atoms with van der Waals surface area (Å²) in [5.41, 5.74) is 12.0. The van der Waals surface area contributed by atoms with E-state index < -0.39 is 0 Å². The van der Waals surface area contributed by atoms with E-state index >= 15 is 0 Å². The lowest BCUT2D eigenvalue weighted by atomic mass is 10.3. The molecule has 0 aliphatic rings. The summed E-state index contributed by atoms with van der Waals surface area (Å²) in [7, 11) is 0. The smallest absolute Gasteiger partial charge is 0.115 e. The molecule has 2 rings (SSSR count). The van der Waals surface area contributed by atoms with Crippen LogP contribution in [0, 0.1) is 0 Å². The van der Waals surface area contributed by atoms with E-state index in [-0.39, 0.29) is 18.9 Å². The van der Waals surface area contributed by atoms with Crippen LogP contribution in [0.25, 0.3) is 0 Å². The Hall–Kier alpha value is -2.36. The molecule has 0 bridgehead atoms. The van der Waals surface area contributed by atoms with Gasteiger partial charge < -0.3 is 21.7 Å². The minimum Gasteiger partial charge on any atom is -0.508 e. The fourth-order valence-corrected chi connectivity index (χ4v) is 0.949. The molecule has 6 N–H and O–H groups in total. The van der Waals surface area contributed by atoms with Gasteiger partial charge in [0.2, 0.25) is 0 Å². The first kappa shape index (κ1) is 14.6. The summed E-state index contributed by atoms with van der Waals surface area (Å²) in [5.74, 6) is 0.499. The second kappa shape index (κ2) is 7.00. The van der Waals surface area contributed by atoms with Gasteiger partial charge in [-0.05, 0) is 48.5 Å². The number of phenols is 2. The van der Waals surface area contributed by atoms with E-state index in [4.69, 9.17) is 21.7 Å². The number of rotatable bonds is 0. The van der Waals surface area contributed by atoms with Crippen LogP contribution < -0.4 is 11.5 Å². The molecule has 17 heavy (non-hydrogen) atoms. The zero-order valence-electron chi connectivity index (χ0n) is 8.67. The van der Waals surface area contributed by atoms with E-state index in [1.54, 1.807) is 48.5 Å². The summed E-state index contributed by atoms with van der Waals surface area (Å²) < 4.78 is 0. The molecule has 0 radical (unpaired) electrons. The highest BCUT2D eigenvalue weighted by Gasteiger charge is 1.83. The van der Waals surface area contributed by atoms with Crippen molar-refractivity contribution in [1.82, 2.24) is 0 Å². The molecule has 0 atom stereocenters. The van der Waals surface area contributed by atoms with Crippen LogP contribution in [0.15, 0.2) is 48.5 Å². The first-order valence-electron chi connectivity index (χ1n) is 4.67. The highest BCUT2D eigenvalue weighted by Crippen LogP contribution is 2.10. The van der Waals surface area contributed by atoms with Crippen molar-refractivity contribution in [3.05, 3.63) is 48.5 Å². The number of phenolic OH excluding ortho intramolecular Hbond substituents is 2. The van der Waals surface area contributed by atoms with Crippen molar-refractivity contribution < 1.29 is 10.2 Å². The van der Waals surface area contributed by atoms with E-state index in [1.807, 2.05) is 0 Å². The first-order valence-corrected chi connectivity index (χ1v) is 4.67. The van der Waals surface area contributed by atoms with Gasteiger partial charge in [0.1, 0.15) is 11.5 Å². The van der Waals surface area contributed by atoms with Crippen molar-refractivity contribution in [2.24, 2.45) is 0 Å². The second-order valence-electron chi connectivity index (χ2n) is 3.18. The van der Waals surface area contributed by atoms with E-state index in [0.29, 0.717) is 11.4 Å². The van der Waals surface area contributed by atoms with Gasteiger partial charge in [-0.2, -0.15) is 0 Å². The summed E-state index contributed by atoms with van der Waals surface area (Å²) in [6.45, 7) is 0. The van der Waals surface area contributed by atoms with Gasteiger partial charge >= 0.3 is 0 Å². The van der Waals surface area contributed by atoms with E-state index in [0.717, 1.165) is 0 Å². The number of hydrogen-bond donors (Lipinski definition) is 4. The fourth-order valence-electron chi connectivity index (χ4n) is 0.949. The van der Waals surface area contributed by atoms with Crippen molar-refractivity contribution >= 4 is 11.4 Å². The van der Waals surface area contributed by atoms with Gasteiger partial charge in [-0.25, -0.2) is 0 Å². The third-order valence-electron chi connectivity index (χ3n) is 1.79. The van der Waals surface area contributed by atoms with Gasteiger partial charge in [0.05, 0.1) is 0 Å². The molecule has 0 unspecified atom stereocenters. The lowest BCUT2D eigenvalue weighted by molar-refractivity contribution is 0.475. The number of benzene rings is 2. The van der Waals surface area contributed by atoms with Gasteiger partial charge in [0, 0.05) is 11.4 Å². The predicted octanol–water partition coefficient (Wildman–Crippen LogP) is 2.58. The Balaban J connectivity index is 0.000000284. The highest BCUT2D eigenvalue weighted by molar-refractivity contribution is 5.41. The van der Waals surface area contributed by atoms with Crippen LogP contribution in [0.5, 0.6) is 11.5 Å². The molecule has 0 aliphatic carbocycles. The molecule has 0 aromatic heterocycles. The third-order valence-corrected chi connectivity index (χ3v) is 1.79. The zero-order valence-corrected chi connectivity index (χ0v) is 8.67. The standard InChI is InChI=1S/2C6H7NO.CH4/c2*7-5-1-3-6(8)4-2-5;/h2*1-4,8H,7H2;1H4. The van der Waals surface area contributed by atoms with Gasteiger partial charge in [0.25, 0.3) is 0 Å². The van der Waals surface area contributed by atoms with Crippen LogP contribution in [0.1, 0.15) is 7.43 Å². The average molecular weight is 234 g/mol. The molecule has 4 nitrogen and oxygen atoms in total. The van der Waals surface area contributed by atoms with Crippen molar-refractivity contribution in [2.75, 3.05) is 11.5 Å². The van der Waals surface area contributed by atoms with Crippen molar-refractivity contribution in [1.29, 1.82) is 0 Å². The van der Waals surface area contributed by atoms with E-state index in [2.05, 4.69) is 0 Å². The maximum Gasteiger partial charge on any atom is 0.115 e. The number of aromatic hydroxyl groups is 2. The number of hydrogen-bond acceptors (Lipinski definition) is 4. The van der Waals surface area contributed by atoms with Crippen LogP contribution in [0.3, 0.4) is 0 Å². The fraction of sp³-hybridized carbons (Fsp3) is 0.0769. The molecule has 0 saturated heterocycles. The topological polar surface area (TPSA) is 92.5 Å². The van der Waals surface area contributed by atoms with Crippen LogP contribution in [0.4, 0.5) is 11.4 Å². The summed E-state index contributed by atoms with van der Waals surface area (Å²) in [4.78, 5) is 0. The molecule has 2 aromatic rings. The predicted molar refractivity (Wildman–Crippen MR) is 71.8 cm³/mol. The Labute approximate surface area is 101 Å². The van der Waals surface area contributed by atoms with Gasteiger partial charge in [0.15, 0.2) is 0 Å². The van der Waals surface area contributed by atoms with Gasteiger partial charge in [-0.15, -0.1) is 0 Å². The Morgan fingerprint density at radius 3 is 1.00 bits per heavy atom. The average Bonchev–Trinajstić information content (AvgIpc) is 2.28. The molecule has 0 heterocycles.